The molecule has 34 heavy (non-hydrogen) atoms. The number of H-pyrrole nitrogens is 1. The standard InChI is InChI=1S/C25H21N5O3.ClH/c26-20(10-14-5-4-8-17(31)9-14)25(33)28-16-11-18-22-19(13-27-30-24(18)32)23(29-21(22)12-16)15-6-2-1-3-7-15;/h1-9,11-13,20,29,31H,10,26H2,(H,28,33)(H,30,32);1H/t20-;/m1./s1. The number of halogens is 1. The van der Waals surface area contributed by atoms with Crippen LogP contribution in [0, 0.1) is 0 Å². The van der Waals surface area contributed by atoms with Gasteiger partial charge in [-0.05, 0) is 41.8 Å². The van der Waals surface area contributed by atoms with Crippen molar-refractivity contribution in [1.82, 2.24) is 10.4 Å². The van der Waals surface area contributed by atoms with Crippen LogP contribution in [0.3, 0.4) is 0 Å². The lowest BCUT2D eigenvalue weighted by molar-refractivity contribution is -0.117. The zero-order valence-electron chi connectivity index (χ0n) is 17.9. The Morgan fingerprint density at radius 2 is 1.88 bits per heavy atom. The third-order valence-electron chi connectivity index (χ3n) is 5.57. The van der Waals surface area contributed by atoms with Gasteiger partial charge in [-0.2, -0.15) is 5.10 Å². The molecule has 172 valence electrons. The maximum absolute atomic E-state index is 12.8. The minimum atomic E-state index is -0.835. The Morgan fingerprint density at radius 1 is 1.09 bits per heavy atom. The second-order valence-corrected chi connectivity index (χ2v) is 7.89. The van der Waals surface area contributed by atoms with Gasteiger partial charge in [0, 0.05) is 22.2 Å². The number of benzene rings is 3. The number of hydrogen-bond donors (Lipinski definition) is 5. The number of phenols is 1. The van der Waals surface area contributed by atoms with E-state index in [4.69, 9.17) is 5.73 Å². The van der Waals surface area contributed by atoms with Crippen LogP contribution in [0.25, 0.3) is 22.2 Å². The minimum Gasteiger partial charge on any atom is -0.508 e. The fraction of sp³-hybridized carbons (Fsp3) is 0.0800. The van der Waals surface area contributed by atoms with Gasteiger partial charge in [0.1, 0.15) is 5.75 Å². The molecular formula is C25H22ClN5O3. The Morgan fingerprint density at radius 3 is 2.65 bits per heavy atom. The van der Waals surface area contributed by atoms with Crippen molar-refractivity contribution in [2.45, 2.75) is 12.5 Å². The quantitative estimate of drug-likeness (QED) is 0.302. The molecule has 8 nitrogen and oxygen atoms in total. The van der Waals surface area contributed by atoms with Gasteiger partial charge >= 0.3 is 0 Å². The minimum absolute atomic E-state index is 0. The molecule has 0 bridgehead atoms. The van der Waals surface area contributed by atoms with Crippen molar-refractivity contribution in [3.8, 4) is 17.0 Å². The molecule has 6 N–H and O–H groups in total. The van der Waals surface area contributed by atoms with Crippen molar-refractivity contribution >= 4 is 47.0 Å². The Kier molecular flexibility index (Phi) is 6.36. The number of hydrazone groups is 1. The second-order valence-electron chi connectivity index (χ2n) is 7.89. The summed E-state index contributed by atoms with van der Waals surface area (Å²) < 4.78 is 0. The van der Waals surface area contributed by atoms with Crippen LogP contribution in [0.15, 0.2) is 71.8 Å². The van der Waals surface area contributed by atoms with Crippen LogP contribution in [0.5, 0.6) is 5.75 Å². The van der Waals surface area contributed by atoms with Crippen molar-refractivity contribution in [1.29, 1.82) is 0 Å². The van der Waals surface area contributed by atoms with Crippen molar-refractivity contribution in [2.24, 2.45) is 10.8 Å². The number of carbonyl (C=O) groups excluding carboxylic acids is 2. The summed E-state index contributed by atoms with van der Waals surface area (Å²) in [6.45, 7) is 0. The molecule has 1 atom stereocenters. The maximum Gasteiger partial charge on any atom is 0.272 e. The largest absolute Gasteiger partial charge is 0.508 e. The number of hydrogen-bond acceptors (Lipinski definition) is 5. The van der Waals surface area contributed by atoms with E-state index >= 15 is 0 Å². The number of phenolic OH excluding ortho intramolecular Hbond substituents is 1. The fourth-order valence-corrected chi connectivity index (χ4v) is 4.05. The van der Waals surface area contributed by atoms with Crippen molar-refractivity contribution in [2.75, 3.05) is 5.32 Å². The van der Waals surface area contributed by atoms with Crippen molar-refractivity contribution < 1.29 is 14.7 Å². The molecule has 4 aromatic rings. The summed E-state index contributed by atoms with van der Waals surface area (Å²) in [5, 5.41) is 17.2. The number of amides is 2. The zero-order valence-corrected chi connectivity index (χ0v) is 18.7. The lowest BCUT2D eigenvalue weighted by Gasteiger charge is -2.13. The van der Waals surface area contributed by atoms with Gasteiger partial charge in [-0.1, -0.05) is 42.5 Å². The topological polar surface area (TPSA) is 133 Å². The molecular weight excluding hydrogens is 454 g/mol. The number of anilines is 1. The first-order valence-electron chi connectivity index (χ1n) is 10.4. The fourth-order valence-electron chi connectivity index (χ4n) is 4.05. The number of rotatable bonds is 5. The number of carbonyl (C=O) groups is 2. The zero-order chi connectivity index (χ0) is 22.9. The average Bonchev–Trinajstić information content (AvgIpc) is 3.08. The van der Waals surface area contributed by atoms with Gasteiger partial charge in [-0.25, -0.2) is 5.43 Å². The van der Waals surface area contributed by atoms with Gasteiger partial charge in [0.15, 0.2) is 0 Å². The smallest absolute Gasteiger partial charge is 0.272 e. The van der Waals surface area contributed by atoms with Gasteiger partial charge < -0.3 is 21.1 Å². The molecule has 2 heterocycles. The number of nitrogens with one attached hydrogen (secondary N) is 3. The van der Waals surface area contributed by atoms with Gasteiger partial charge in [0.25, 0.3) is 5.91 Å². The van der Waals surface area contributed by atoms with Crippen LogP contribution >= 0.6 is 12.4 Å². The SMILES string of the molecule is Cl.N[C@H](Cc1cccc(O)c1)C(=O)Nc1cc2c3c(c(-c4ccccc4)[nH]c3c1)C=NNC2=O. The number of aromatic hydroxyl groups is 1. The van der Waals surface area contributed by atoms with Crippen molar-refractivity contribution in [3.63, 3.8) is 0 Å². The average molecular weight is 476 g/mol. The lowest BCUT2D eigenvalue weighted by Crippen LogP contribution is -2.37. The first kappa shape index (κ1) is 23.0. The second kappa shape index (κ2) is 9.38. The molecule has 1 aliphatic rings. The molecule has 2 amide bonds. The van der Waals surface area contributed by atoms with E-state index in [2.05, 4.69) is 20.8 Å². The lowest BCUT2D eigenvalue weighted by atomic mass is 10.0. The summed E-state index contributed by atoms with van der Waals surface area (Å²) in [5.41, 5.74) is 13.5. The van der Waals surface area contributed by atoms with E-state index in [-0.39, 0.29) is 30.5 Å². The number of aromatic nitrogens is 1. The van der Waals surface area contributed by atoms with E-state index in [1.54, 1.807) is 42.6 Å². The molecule has 5 rings (SSSR count). The summed E-state index contributed by atoms with van der Waals surface area (Å²) in [6.07, 6.45) is 1.88. The molecule has 9 heteroatoms. The summed E-state index contributed by atoms with van der Waals surface area (Å²) in [6, 6.07) is 18.9. The van der Waals surface area contributed by atoms with Gasteiger partial charge in [0.05, 0.1) is 23.5 Å². The molecule has 0 radical (unpaired) electrons. The number of aromatic amines is 1. The molecule has 1 aliphatic heterocycles. The highest BCUT2D eigenvalue weighted by molar-refractivity contribution is 6.18. The number of nitrogens with zero attached hydrogens (tertiary/aromatic N) is 1. The Hall–Kier alpha value is -4.14. The third kappa shape index (κ3) is 4.36. The van der Waals surface area contributed by atoms with Crippen molar-refractivity contribution in [3.05, 3.63) is 83.4 Å². The molecule has 3 aromatic carbocycles. The third-order valence-corrected chi connectivity index (χ3v) is 5.57. The van der Waals surface area contributed by atoms with Crippen LogP contribution in [0.2, 0.25) is 0 Å². The normalized spacial score (nSPS) is 13.0. The summed E-state index contributed by atoms with van der Waals surface area (Å²) in [7, 11) is 0. The first-order valence-corrected chi connectivity index (χ1v) is 10.4. The van der Waals surface area contributed by atoms with Crippen LogP contribution in [0.1, 0.15) is 21.5 Å². The maximum atomic E-state index is 12.8. The Labute approximate surface area is 201 Å². The summed E-state index contributed by atoms with van der Waals surface area (Å²) in [4.78, 5) is 28.8. The molecule has 0 spiro atoms. The van der Waals surface area contributed by atoms with Crippen LogP contribution in [-0.2, 0) is 11.2 Å². The predicted molar refractivity (Wildman–Crippen MR) is 134 cm³/mol. The van der Waals surface area contributed by atoms with E-state index in [1.807, 2.05) is 30.3 Å². The molecule has 1 aromatic heterocycles. The van der Waals surface area contributed by atoms with Crippen LogP contribution in [0.4, 0.5) is 5.69 Å². The Bertz CT molecular complexity index is 1420. The molecule has 0 aliphatic carbocycles. The number of nitrogens with two attached hydrogens (primary N) is 1. The molecule has 0 saturated heterocycles. The monoisotopic (exact) mass is 475 g/mol. The van der Waals surface area contributed by atoms with Crippen LogP contribution < -0.4 is 16.5 Å². The van der Waals surface area contributed by atoms with Gasteiger partial charge in [-0.15, -0.1) is 12.4 Å². The summed E-state index contributed by atoms with van der Waals surface area (Å²) in [5.74, 6) is -0.648. The van der Waals surface area contributed by atoms with Gasteiger partial charge in [-0.3, -0.25) is 9.59 Å². The van der Waals surface area contributed by atoms with Gasteiger partial charge in [0.2, 0.25) is 5.91 Å². The van der Waals surface area contributed by atoms with Crippen LogP contribution in [-0.4, -0.2) is 34.2 Å². The van der Waals surface area contributed by atoms with E-state index in [0.29, 0.717) is 16.8 Å². The molecule has 0 saturated carbocycles. The molecule has 0 unspecified atom stereocenters. The predicted octanol–water partition coefficient (Wildman–Crippen LogP) is 3.55. The summed E-state index contributed by atoms with van der Waals surface area (Å²) >= 11 is 0. The van der Waals surface area contributed by atoms with E-state index < -0.39 is 11.9 Å². The first-order chi connectivity index (χ1) is 16.0. The highest BCUT2D eigenvalue weighted by atomic mass is 35.5. The van der Waals surface area contributed by atoms with E-state index in [9.17, 15) is 14.7 Å². The van der Waals surface area contributed by atoms with E-state index in [0.717, 1.165) is 27.8 Å². The highest BCUT2D eigenvalue weighted by Crippen LogP contribution is 2.34. The Balaban J connectivity index is 0.00000274. The molecule has 0 fully saturated rings. The highest BCUT2D eigenvalue weighted by Gasteiger charge is 2.23. The van der Waals surface area contributed by atoms with E-state index in [1.165, 1.54) is 0 Å².